The summed E-state index contributed by atoms with van der Waals surface area (Å²) in [7, 11) is 1.26. The maximum atomic E-state index is 12.8. The molecule has 0 saturated carbocycles. The number of carbonyl (C=O) groups excluding carboxylic acids is 3. The van der Waals surface area contributed by atoms with Crippen LogP contribution in [0.4, 0.5) is 5.69 Å². The van der Waals surface area contributed by atoms with Gasteiger partial charge < -0.3 is 14.4 Å². The third-order valence-electron chi connectivity index (χ3n) is 3.67. The van der Waals surface area contributed by atoms with Crippen molar-refractivity contribution in [2.75, 3.05) is 13.7 Å². The lowest BCUT2D eigenvalue weighted by Crippen LogP contribution is -2.37. The van der Waals surface area contributed by atoms with Gasteiger partial charge in [0.2, 0.25) is 0 Å². The van der Waals surface area contributed by atoms with Crippen LogP contribution in [0.5, 0.6) is 5.75 Å². The summed E-state index contributed by atoms with van der Waals surface area (Å²) >= 11 is 0. The van der Waals surface area contributed by atoms with Crippen molar-refractivity contribution in [1.82, 2.24) is 4.90 Å². The van der Waals surface area contributed by atoms with E-state index in [-0.39, 0.29) is 24.3 Å². The zero-order chi connectivity index (χ0) is 18.6. The second kappa shape index (κ2) is 7.56. The number of aldehydes is 1. The highest BCUT2D eigenvalue weighted by molar-refractivity contribution is 6.00. The first-order chi connectivity index (χ1) is 11.9. The predicted octanol–water partition coefficient (Wildman–Crippen LogP) is 1.46. The fourth-order valence-corrected chi connectivity index (χ4v) is 2.55. The first kappa shape index (κ1) is 18.1. The van der Waals surface area contributed by atoms with Gasteiger partial charge in [-0.25, -0.2) is 0 Å². The summed E-state index contributed by atoms with van der Waals surface area (Å²) in [5, 5.41) is 11.4. The molecule has 1 amide bonds. The normalized spacial score (nSPS) is 16.2. The van der Waals surface area contributed by atoms with Gasteiger partial charge in [0.1, 0.15) is 18.5 Å². The quantitative estimate of drug-likeness (QED) is 0.331. The lowest BCUT2D eigenvalue weighted by molar-refractivity contribution is -0.386. The zero-order valence-corrected chi connectivity index (χ0v) is 13.6. The number of para-hydroxylation sites is 1. The number of esters is 1. The van der Waals surface area contributed by atoms with Crippen LogP contribution < -0.4 is 4.74 Å². The summed E-state index contributed by atoms with van der Waals surface area (Å²) in [6, 6.07) is 3.53. The van der Waals surface area contributed by atoms with Crippen LogP contribution in [0.3, 0.4) is 0 Å². The molecule has 25 heavy (non-hydrogen) atoms. The maximum Gasteiger partial charge on any atom is 0.323 e. The number of hydrogen-bond donors (Lipinski definition) is 0. The van der Waals surface area contributed by atoms with E-state index in [0.717, 1.165) is 0 Å². The average molecular weight is 348 g/mol. The number of carbonyl (C=O) groups is 3. The number of rotatable bonds is 6. The molecule has 9 nitrogen and oxygen atoms in total. The largest absolute Gasteiger partial charge is 0.490 e. The highest BCUT2D eigenvalue weighted by Crippen LogP contribution is 2.33. The fraction of sp³-hybridized carbons (Fsp3) is 0.312. The Balaban J connectivity index is 2.40. The molecule has 1 atom stereocenters. The van der Waals surface area contributed by atoms with E-state index < -0.39 is 28.5 Å². The molecule has 1 aromatic rings. The van der Waals surface area contributed by atoms with Gasteiger partial charge in [-0.2, -0.15) is 0 Å². The van der Waals surface area contributed by atoms with Gasteiger partial charge in [-0.3, -0.25) is 24.5 Å². The molecule has 1 aliphatic heterocycles. The Morgan fingerprint density at radius 2 is 2.16 bits per heavy atom. The first-order valence-electron chi connectivity index (χ1n) is 7.32. The smallest absolute Gasteiger partial charge is 0.323 e. The highest BCUT2D eigenvalue weighted by Gasteiger charge is 2.35. The first-order valence-corrected chi connectivity index (χ1v) is 7.32. The molecule has 0 bridgehead atoms. The molecule has 9 heteroatoms. The molecule has 0 fully saturated rings. The number of methoxy groups -OCH3 is 1. The SMILES string of the molecule is COc1cccc(C(=O)N2C=C(C=O)C[C@H]2COC(C)=O)c1[N+](=O)[O-]. The lowest BCUT2D eigenvalue weighted by Gasteiger charge is -2.23. The summed E-state index contributed by atoms with van der Waals surface area (Å²) in [6.45, 7) is 1.11. The van der Waals surface area contributed by atoms with Crippen LogP contribution in [0.25, 0.3) is 0 Å². The minimum absolute atomic E-state index is 0.0498. The minimum Gasteiger partial charge on any atom is -0.490 e. The Morgan fingerprint density at radius 1 is 1.44 bits per heavy atom. The number of ether oxygens (including phenoxy) is 2. The Labute approximate surface area is 143 Å². The molecule has 2 rings (SSSR count). The van der Waals surface area contributed by atoms with Crippen LogP contribution in [0, 0.1) is 10.1 Å². The second-order valence-electron chi connectivity index (χ2n) is 5.31. The van der Waals surface area contributed by atoms with Crippen LogP contribution >= 0.6 is 0 Å². The molecule has 0 aromatic heterocycles. The van der Waals surface area contributed by atoms with Gasteiger partial charge in [0.25, 0.3) is 5.91 Å². The summed E-state index contributed by atoms with van der Waals surface area (Å²) in [5.74, 6) is -1.26. The second-order valence-corrected chi connectivity index (χ2v) is 5.31. The molecule has 1 aliphatic rings. The number of nitro groups is 1. The predicted molar refractivity (Wildman–Crippen MR) is 85.0 cm³/mol. The molecular weight excluding hydrogens is 332 g/mol. The van der Waals surface area contributed by atoms with Gasteiger partial charge in [-0.05, 0) is 12.1 Å². The van der Waals surface area contributed by atoms with Crippen molar-refractivity contribution in [3.63, 3.8) is 0 Å². The number of benzene rings is 1. The van der Waals surface area contributed by atoms with Crippen molar-refractivity contribution >= 4 is 23.9 Å². The monoisotopic (exact) mass is 348 g/mol. The fourth-order valence-electron chi connectivity index (χ4n) is 2.55. The van der Waals surface area contributed by atoms with E-state index in [2.05, 4.69) is 0 Å². The van der Waals surface area contributed by atoms with Gasteiger partial charge >= 0.3 is 11.7 Å². The molecule has 1 aromatic carbocycles. The number of nitro benzene ring substituents is 1. The summed E-state index contributed by atoms with van der Waals surface area (Å²) in [6.07, 6.45) is 2.10. The highest BCUT2D eigenvalue weighted by atomic mass is 16.6. The molecule has 0 saturated heterocycles. The molecule has 0 unspecified atom stereocenters. The van der Waals surface area contributed by atoms with E-state index in [1.54, 1.807) is 0 Å². The van der Waals surface area contributed by atoms with Gasteiger partial charge in [-0.1, -0.05) is 6.07 Å². The molecule has 0 spiro atoms. The van der Waals surface area contributed by atoms with Crippen LogP contribution in [0.15, 0.2) is 30.0 Å². The van der Waals surface area contributed by atoms with Crippen molar-refractivity contribution < 1.29 is 28.8 Å². The summed E-state index contributed by atoms with van der Waals surface area (Å²) < 4.78 is 9.87. The molecular formula is C16H16N2O7. The van der Waals surface area contributed by atoms with E-state index in [4.69, 9.17) is 9.47 Å². The van der Waals surface area contributed by atoms with Gasteiger partial charge in [0.05, 0.1) is 18.1 Å². The zero-order valence-electron chi connectivity index (χ0n) is 13.6. The molecule has 132 valence electrons. The van der Waals surface area contributed by atoms with Crippen molar-refractivity contribution in [1.29, 1.82) is 0 Å². The number of amides is 1. The molecule has 1 heterocycles. The van der Waals surface area contributed by atoms with E-state index in [9.17, 15) is 24.5 Å². The van der Waals surface area contributed by atoms with E-state index in [0.29, 0.717) is 11.9 Å². The van der Waals surface area contributed by atoms with Crippen molar-refractivity contribution in [3.8, 4) is 5.75 Å². The Bertz CT molecular complexity index is 757. The number of nitrogens with zero attached hydrogens (tertiary/aromatic N) is 2. The Hall–Kier alpha value is -3.23. The van der Waals surface area contributed by atoms with Crippen LogP contribution in [-0.4, -0.2) is 47.7 Å². The van der Waals surface area contributed by atoms with E-state index in [1.807, 2.05) is 0 Å². The minimum atomic E-state index is -0.701. The standard InChI is InChI=1S/C16H16N2O7/c1-10(20)25-9-12-6-11(8-19)7-17(12)16(21)13-4-3-5-14(24-2)15(13)18(22)23/h3-5,7-8,12H,6,9H2,1-2H3/t12-/m0/s1. The van der Waals surface area contributed by atoms with Crippen LogP contribution in [0.2, 0.25) is 0 Å². The third-order valence-corrected chi connectivity index (χ3v) is 3.67. The van der Waals surface area contributed by atoms with Crippen LogP contribution in [0.1, 0.15) is 23.7 Å². The van der Waals surface area contributed by atoms with Gasteiger partial charge in [0, 0.05) is 25.1 Å². The van der Waals surface area contributed by atoms with Gasteiger partial charge in [-0.15, -0.1) is 0 Å². The van der Waals surface area contributed by atoms with Crippen LogP contribution in [-0.2, 0) is 14.3 Å². The van der Waals surface area contributed by atoms with Crippen molar-refractivity contribution in [2.24, 2.45) is 0 Å². The Morgan fingerprint density at radius 3 is 2.72 bits per heavy atom. The molecule has 0 radical (unpaired) electrons. The van der Waals surface area contributed by atoms with E-state index in [1.165, 1.54) is 43.3 Å². The van der Waals surface area contributed by atoms with Crippen molar-refractivity contribution in [3.05, 3.63) is 45.6 Å². The Kier molecular flexibility index (Phi) is 5.48. The van der Waals surface area contributed by atoms with Gasteiger partial charge in [0.15, 0.2) is 5.75 Å². The lowest BCUT2D eigenvalue weighted by atomic mass is 10.1. The third kappa shape index (κ3) is 3.82. The molecule has 0 aliphatic carbocycles. The van der Waals surface area contributed by atoms with E-state index >= 15 is 0 Å². The maximum absolute atomic E-state index is 12.8. The molecule has 0 N–H and O–H groups in total. The van der Waals surface area contributed by atoms with Crippen molar-refractivity contribution in [2.45, 2.75) is 19.4 Å². The topological polar surface area (TPSA) is 116 Å². The number of hydrogen-bond acceptors (Lipinski definition) is 7. The average Bonchev–Trinajstić information content (AvgIpc) is 3.01. The summed E-state index contributed by atoms with van der Waals surface area (Å²) in [5.41, 5.74) is -0.314. The summed E-state index contributed by atoms with van der Waals surface area (Å²) in [4.78, 5) is 46.7.